The van der Waals surface area contributed by atoms with Crippen LogP contribution in [0.4, 0.5) is 5.69 Å². The SMILES string of the molecule is CC(O)c1ccccc1N(C)CC1CCCCO1. The van der Waals surface area contributed by atoms with Gasteiger partial charge in [-0.15, -0.1) is 0 Å². The maximum Gasteiger partial charge on any atom is 0.0781 e. The van der Waals surface area contributed by atoms with E-state index in [1.165, 1.54) is 12.8 Å². The lowest BCUT2D eigenvalue weighted by atomic mass is 10.1. The molecule has 3 heteroatoms. The Morgan fingerprint density at radius 2 is 2.17 bits per heavy atom. The molecule has 1 aliphatic heterocycles. The predicted molar refractivity (Wildman–Crippen MR) is 73.9 cm³/mol. The number of aliphatic hydroxyl groups excluding tert-OH is 1. The summed E-state index contributed by atoms with van der Waals surface area (Å²) >= 11 is 0. The zero-order valence-corrected chi connectivity index (χ0v) is 11.3. The third-order valence-electron chi connectivity index (χ3n) is 3.55. The number of hydrogen-bond donors (Lipinski definition) is 1. The van der Waals surface area contributed by atoms with Crippen LogP contribution in [0.3, 0.4) is 0 Å². The monoisotopic (exact) mass is 249 g/mol. The molecule has 18 heavy (non-hydrogen) atoms. The van der Waals surface area contributed by atoms with E-state index in [0.29, 0.717) is 6.10 Å². The van der Waals surface area contributed by atoms with Gasteiger partial charge in [0.05, 0.1) is 12.2 Å². The van der Waals surface area contributed by atoms with E-state index in [1.807, 2.05) is 25.1 Å². The Balaban J connectivity index is 2.05. The molecule has 2 unspecified atom stereocenters. The van der Waals surface area contributed by atoms with E-state index >= 15 is 0 Å². The van der Waals surface area contributed by atoms with Crippen molar-refractivity contribution in [3.63, 3.8) is 0 Å². The largest absolute Gasteiger partial charge is 0.389 e. The van der Waals surface area contributed by atoms with E-state index in [-0.39, 0.29) is 0 Å². The van der Waals surface area contributed by atoms with Crippen molar-refractivity contribution in [2.45, 2.75) is 38.4 Å². The number of anilines is 1. The molecule has 1 fully saturated rings. The first-order chi connectivity index (χ1) is 8.68. The number of benzene rings is 1. The second kappa shape index (κ2) is 6.21. The first-order valence-electron chi connectivity index (χ1n) is 6.78. The second-order valence-electron chi connectivity index (χ2n) is 5.10. The zero-order valence-electron chi connectivity index (χ0n) is 11.3. The number of aliphatic hydroxyl groups is 1. The first-order valence-corrected chi connectivity index (χ1v) is 6.78. The van der Waals surface area contributed by atoms with Gasteiger partial charge < -0.3 is 14.7 Å². The molecule has 3 nitrogen and oxygen atoms in total. The normalized spacial score (nSPS) is 21.6. The van der Waals surface area contributed by atoms with Crippen molar-refractivity contribution in [1.82, 2.24) is 0 Å². The lowest BCUT2D eigenvalue weighted by Gasteiger charge is -2.30. The minimum absolute atomic E-state index is 0.325. The minimum Gasteiger partial charge on any atom is -0.389 e. The van der Waals surface area contributed by atoms with E-state index < -0.39 is 6.10 Å². The quantitative estimate of drug-likeness (QED) is 0.890. The van der Waals surface area contributed by atoms with Crippen LogP contribution in [0.2, 0.25) is 0 Å². The molecule has 1 aromatic carbocycles. The number of rotatable bonds is 4. The van der Waals surface area contributed by atoms with Gasteiger partial charge in [0.2, 0.25) is 0 Å². The summed E-state index contributed by atoms with van der Waals surface area (Å²) in [5.41, 5.74) is 2.08. The Bertz CT molecular complexity index is 373. The molecule has 2 rings (SSSR count). The van der Waals surface area contributed by atoms with Crippen LogP contribution < -0.4 is 4.90 Å². The molecule has 1 N–H and O–H groups in total. The van der Waals surface area contributed by atoms with Crippen molar-refractivity contribution in [2.24, 2.45) is 0 Å². The van der Waals surface area contributed by atoms with Crippen molar-refractivity contribution in [2.75, 3.05) is 25.1 Å². The zero-order chi connectivity index (χ0) is 13.0. The van der Waals surface area contributed by atoms with Gasteiger partial charge in [-0.1, -0.05) is 18.2 Å². The van der Waals surface area contributed by atoms with Gasteiger partial charge in [0.1, 0.15) is 0 Å². The van der Waals surface area contributed by atoms with Gasteiger partial charge in [0, 0.05) is 31.5 Å². The molecule has 0 aliphatic carbocycles. The van der Waals surface area contributed by atoms with Gasteiger partial charge in [-0.3, -0.25) is 0 Å². The Morgan fingerprint density at radius 1 is 1.39 bits per heavy atom. The molecule has 1 heterocycles. The summed E-state index contributed by atoms with van der Waals surface area (Å²) in [7, 11) is 2.07. The Morgan fingerprint density at radius 3 is 2.83 bits per heavy atom. The van der Waals surface area contributed by atoms with Gasteiger partial charge in [0.15, 0.2) is 0 Å². The highest BCUT2D eigenvalue weighted by atomic mass is 16.5. The van der Waals surface area contributed by atoms with E-state index in [1.54, 1.807) is 0 Å². The molecule has 1 aliphatic rings. The summed E-state index contributed by atoms with van der Waals surface area (Å²) in [6.45, 7) is 3.59. The molecule has 0 radical (unpaired) electrons. The molecule has 1 aromatic rings. The van der Waals surface area contributed by atoms with Crippen LogP contribution in [-0.2, 0) is 4.74 Å². The standard InChI is InChI=1S/C15H23NO2/c1-12(17)14-8-3-4-9-15(14)16(2)11-13-7-5-6-10-18-13/h3-4,8-9,12-13,17H,5-7,10-11H2,1-2H3. The van der Waals surface area contributed by atoms with Gasteiger partial charge in [0.25, 0.3) is 0 Å². The predicted octanol–water partition coefficient (Wildman–Crippen LogP) is 2.75. The highest BCUT2D eigenvalue weighted by Crippen LogP contribution is 2.26. The van der Waals surface area contributed by atoms with Crippen molar-refractivity contribution >= 4 is 5.69 Å². The fourth-order valence-electron chi connectivity index (χ4n) is 2.54. The van der Waals surface area contributed by atoms with E-state index in [9.17, 15) is 5.11 Å². The third kappa shape index (κ3) is 3.24. The topological polar surface area (TPSA) is 32.7 Å². The number of nitrogens with zero attached hydrogens (tertiary/aromatic N) is 1. The van der Waals surface area contributed by atoms with Crippen molar-refractivity contribution < 1.29 is 9.84 Å². The highest BCUT2D eigenvalue weighted by molar-refractivity contribution is 5.54. The van der Waals surface area contributed by atoms with Gasteiger partial charge in [-0.05, 0) is 32.3 Å². The third-order valence-corrected chi connectivity index (χ3v) is 3.55. The Labute approximate surface area is 109 Å². The average molecular weight is 249 g/mol. The number of hydrogen-bond acceptors (Lipinski definition) is 3. The smallest absolute Gasteiger partial charge is 0.0781 e. The molecular weight excluding hydrogens is 226 g/mol. The fourth-order valence-corrected chi connectivity index (χ4v) is 2.54. The van der Waals surface area contributed by atoms with Gasteiger partial charge >= 0.3 is 0 Å². The van der Waals surface area contributed by atoms with Crippen LogP contribution in [-0.4, -0.2) is 31.4 Å². The van der Waals surface area contributed by atoms with Crippen LogP contribution >= 0.6 is 0 Å². The summed E-state index contributed by atoms with van der Waals surface area (Å²) in [5, 5.41) is 9.80. The lowest BCUT2D eigenvalue weighted by Crippen LogP contribution is -2.33. The maximum absolute atomic E-state index is 9.80. The van der Waals surface area contributed by atoms with Crippen LogP contribution in [0, 0.1) is 0 Å². The molecule has 0 bridgehead atoms. The summed E-state index contributed by atoms with van der Waals surface area (Å²) < 4.78 is 5.77. The summed E-state index contributed by atoms with van der Waals surface area (Å²) in [6, 6.07) is 8.03. The molecule has 0 saturated carbocycles. The van der Waals surface area contributed by atoms with E-state index in [2.05, 4.69) is 18.0 Å². The van der Waals surface area contributed by atoms with Crippen molar-refractivity contribution in [3.05, 3.63) is 29.8 Å². The van der Waals surface area contributed by atoms with Gasteiger partial charge in [-0.2, -0.15) is 0 Å². The van der Waals surface area contributed by atoms with E-state index in [4.69, 9.17) is 4.74 Å². The van der Waals surface area contributed by atoms with Crippen LogP contribution in [0.5, 0.6) is 0 Å². The lowest BCUT2D eigenvalue weighted by molar-refractivity contribution is 0.0215. The number of ether oxygens (including phenoxy) is 1. The van der Waals surface area contributed by atoms with Gasteiger partial charge in [-0.25, -0.2) is 0 Å². The van der Waals surface area contributed by atoms with Crippen LogP contribution in [0.25, 0.3) is 0 Å². The summed E-state index contributed by atoms with van der Waals surface area (Å²) in [4.78, 5) is 2.19. The first kappa shape index (κ1) is 13.4. The van der Waals surface area contributed by atoms with Crippen LogP contribution in [0.15, 0.2) is 24.3 Å². The minimum atomic E-state index is -0.434. The summed E-state index contributed by atoms with van der Waals surface area (Å²) in [6.07, 6.45) is 3.48. The maximum atomic E-state index is 9.80. The highest BCUT2D eigenvalue weighted by Gasteiger charge is 2.18. The molecule has 1 saturated heterocycles. The second-order valence-corrected chi connectivity index (χ2v) is 5.10. The number of para-hydroxylation sites is 1. The molecule has 0 amide bonds. The summed E-state index contributed by atoms with van der Waals surface area (Å²) in [5.74, 6) is 0. The molecule has 0 aromatic heterocycles. The molecular formula is C15H23NO2. The van der Waals surface area contributed by atoms with Crippen LogP contribution in [0.1, 0.15) is 37.9 Å². The molecule has 2 atom stereocenters. The van der Waals surface area contributed by atoms with Crippen molar-refractivity contribution in [3.8, 4) is 0 Å². The molecule has 0 spiro atoms. The average Bonchev–Trinajstić information content (AvgIpc) is 2.40. The van der Waals surface area contributed by atoms with E-state index in [0.717, 1.165) is 30.8 Å². The molecule has 100 valence electrons. The Kier molecular flexibility index (Phi) is 4.61. The number of likely N-dealkylation sites (N-methyl/N-ethyl adjacent to an activating group) is 1. The van der Waals surface area contributed by atoms with Crippen molar-refractivity contribution in [1.29, 1.82) is 0 Å². The fraction of sp³-hybridized carbons (Fsp3) is 0.600. The Hall–Kier alpha value is -1.06.